The van der Waals surface area contributed by atoms with E-state index in [0.717, 1.165) is 6.26 Å². The van der Waals surface area contributed by atoms with Crippen LogP contribution < -0.4 is 0 Å². The van der Waals surface area contributed by atoms with Gasteiger partial charge in [-0.05, 0) is 11.1 Å². The number of carbonyl (C=O) groups is 1. The minimum Gasteiger partial charge on any atom is -0.449 e. The van der Waals surface area contributed by atoms with Gasteiger partial charge in [0.25, 0.3) is 0 Å². The lowest BCUT2D eigenvalue weighted by Crippen LogP contribution is -1.89. The van der Waals surface area contributed by atoms with Crippen LogP contribution in [0.1, 0.15) is 0 Å². The predicted molar refractivity (Wildman–Crippen MR) is 71.2 cm³/mol. The van der Waals surface area contributed by atoms with E-state index in [0.29, 0.717) is 0 Å². The van der Waals surface area contributed by atoms with E-state index in [1.54, 1.807) is 0 Å². The highest BCUT2D eigenvalue weighted by Crippen LogP contribution is 2.17. The number of rotatable bonds is 2. The number of ether oxygens (including phenoxy) is 1. The van der Waals surface area contributed by atoms with Crippen LogP contribution in [0.4, 0.5) is 4.79 Å². The molecule has 0 radical (unpaired) electrons. The van der Waals surface area contributed by atoms with Gasteiger partial charge in [-0.25, -0.2) is 4.79 Å². The van der Waals surface area contributed by atoms with Crippen LogP contribution in [0.25, 0.3) is 11.1 Å². The molecule has 2 rings (SSSR count). The van der Waals surface area contributed by atoms with Gasteiger partial charge < -0.3 is 9.84 Å². The summed E-state index contributed by atoms with van der Waals surface area (Å²) >= 11 is 0. The molecule has 0 aromatic heterocycles. The summed E-state index contributed by atoms with van der Waals surface area (Å²) in [6.07, 6.45) is -0.479. The second-order valence-corrected chi connectivity index (χ2v) is 3.28. The molecule has 0 saturated carbocycles. The number of hydrogen-bond acceptors (Lipinski definition) is 2. The maximum atomic E-state index is 9.31. The van der Waals surface area contributed by atoms with E-state index >= 15 is 0 Å². The molecule has 92 valence electrons. The van der Waals surface area contributed by atoms with Crippen molar-refractivity contribution < 1.29 is 14.6 Å². The minimum atomic E-state index is -1.33. The number of hydrogen-bond donors (Lipinski definition) is 1. The van der Waals surface area contributed by atoms with Crippen LogP contribution in [-0.2, 0) is 4.74 Å². The van der Waals surface area contributed by atoms with Crippen LogP contribution in [0.3, 0.4) is 0 Å². The highest BCUT2D eigenvalue weighted by atomic mass is 16.7. The van der Waals surface area contributed by atoms with E-state index in [9.17, 15) is 4.79 Å². The Morgan fingerprint density at radius 3 is 1.56 bits per heavy atom. The van der Waals surface area contributed by atoms with Crippen molar-refractivity contribution in [3.63, 3.8) is 0 Å². The van der Waals surface area contributed by atoms with Gasteiger partial charge in [-0.15, -0.1) is 0 Å². The molecule has 0 bridgehead atoms. The summed E-state index contributed by atoms with van der Waals surface area (Å²) < 4.78 is 3.72. The summed E-state index contributed by atoms with van der Waals surface area (Å²) in [4.78, 5) is 9.31. The first kappa shape index (κ1) is 13.5. The van der Waals surface area contributed by atoms with Crippen molar-refractivity contribution >= 4 is 6.16 Å². The second kappa shape index (κ2) is 7.68. The van der Waals surface area contributed by atoms with Crippen LogP contribution in [0.5, 0.6) is 0 Å². The van der Waals surface area contributed by atoms with E-state index < -0.39 is 6.16 Å². The third-order valence-corrected chi connectivity index (χ3v) is 2.07. The van der Waals surface area contributed by atoms with Crippen LogP contribution in [0.2, 0.25) is 0 Å². The van der Waals surface area contributed by atoms with Crippen molar-refractivity contribution in [2.24, 2.45) is 0 Å². The zero-order valence-electron chi connectivity index (χ0n) is 9.82. The Hall–Kier alpha value is -2.55. The molecule has 0 aliphatic rings. The lowest BCUT2D eigenvalue weighted by atomic mass is 10.1. The summed E-state index contributed by atoms with van der Waals surface area (Å²) in [6.45, 7) is 3.00. The molecule has 1 N–H and O–H groups in total. The van der Waals surface area contributed by atoms with Crippen LogP contribution in [-0.4, -0.2) is 11.3 Å². The molecule has 2 aromatic carbocycles. The average Bonchev–Trinajstić information content (AvgIpc) is 2.41. The molecule has 0 saturated heterocycles. The van der Waals surface area contributed by atoms with Crippen LogP contribution >= 0.6 is 0 Å². The summed E-state index contributed by atoms with van der Waals surface area (Å²) in [5.74, 6) is 0. The molecule has 0 aliphatic carbocycles. The largest absolute Gasteiger partial charge is 0.510 e. The molecule has 0 unspecified atom stereocenters. The highest BCUT2D eigenvalue weighted by molar-refractivity contribution is 5.62. The quantitative estimate of drug-likeness (QED) is 0.634. The van der Waals surface area contributed by atoms with Gasteiger partial charge in [0.05, 0.1) is 6.26 Å². The van der Waals surface area contributed by atoms with Crippen molar-refractivity contribution in [2.75, 3.05) is 0 Å². The first-order valence-corrected chi connectivity index (χ1v) is 5.35. The maximum Gasteiger partial charge on any atom is 0.510 e. The molecule has 0 heterocycles. The maximum absolute atomic E-state index is 9.31. The molecular weight excluding hydrogens is 228 g/mol. The van der Waals surface area contributed by atoms with Crippen molar-refractivity contribution in [3.8, 4) is 11.1 Å². The van der Waals surface area contributed by atoms with Gasteiger partial charge >= 0.3 is 6.16 Å². The fraction of sp³-hybridized carbons (Fsp3) is 0. The zero-order chi connectivity index (χ0) is 13.2. The Bertz CT molecular complexity index is 440. The van der Waals surface area contributed by atoms with Crippen LogP contribution in [0, 0.1) is 0 Å². The smallest absolute Gasteiger partial charge is 0.449 e. The van der Waals surface area contributed by atoms with Crippen molar-refractivity contribution in [1.29, 1.82) is 0 Å². The summed E-state index contributed by atoms with van der Waals surface area (Å²) in [5, 5.41) is 7.62. The highest BCUT2D eigenvalue weighted by Gasteiger charge is 1.91. The molecule has 0 atom stereocenters. The lowest BCUT2D eigenvalue weighted by molar-refractivity contribution is 0.128. The Morgan fingerprint density at radius 1 is 0.944 bits per heavy atom. The fourth-order valence-corrected chi connectivity index (χ4v) is 1.33. The van der Waals surface area contributed by atoms with Gasteiger partial charge in [0.15, 0.2) is 0 Å². The first-order valence-electron chi connectivity index (χ1n) is 5.35. The van der Waals surface area contributed by atoms with E-state index in [1.165, 1.54) is 11.1 Å². The van der Waals surface area contributed by atoms with Gasteiger partial charge in [-0.1, -0.05) is 67.2 Å². The summed E-state index contributed by atoms with van der Waals surface area (Å²) in [7, 11) is 0. The predicted octanol–water partition coefficient (Wildman–Crippen LogP) is 4.18. The molecule has 2 aromatic rings. The standard InChI is InChI=1S/C12H10.C3H4O3/c1-3-7-11(8-4-1)12-9-5-2-6-10-12;1-2-6-3(4)5/h1-10H;2H,1H2,(H,4,5). The fourth-order valence-electron chi connectivity index (χ4n) is 1.33. The van der Waals surface area contributed by atoms with Gasteiger partial charge in [-0.2, -0.15) is 0 Å². The van der Waals surface area contributed by atoms with E-state index in [2.05, 4.69) is 59.8 Å². The van der Waals surface area contributed by atoms with E-state index in [-0.39, 0.29) is 0 Å². The van der Waals surface area contributed by atoms with Gasteiger partial charge in [0.2, 0.25) is 0 Å². The Balaban J connectivity index is 0.000000232. The summed E-state index contributed by atoms with van der Waals surface area (Å²) in [6, 6.07) is 20.8. The van der Waals surface area contributed by atoms with Gasteiger partial charge in [0, 0.05) is 0 Å². The zero-order valence-corrected chi connectivity index (χ0v) is 9.82. The monoisotopic (exact) mass is 242 g/mol. The van der Waals surface area contributed by atoms with Crippen molar-refractivity contribution in [2.45, 2.75) is 0 Å². The Kier molecular flexibility index (Phi) is 5.77. The molecule has 0 spiro atoms. The van der Waals surface area contributed by atoms with Crippen LogP contribution in [0.15, 0.2) is 73.5 Å². The van der Waals surface area contributed by atoms with E-state index in [1.807, 2.05) is 12.1 Å². The molecule has 0 fully saturated rings. The molecule has 0 amide bonds. The average molecular weight is 242 g/mol. The third kappa shape index (κ3) is 4.99. The van der Waals surface area contributed by atoms with Gasteiger partial charge in [-0.3, -0.25) is 0 Å². The minimum absolute atomic E-state index is 0.850. The van der Waals surface area contributed by atoms with E-state index in [4.69, 9.17) is 5.11 Å². The topological polar surface area (TPSA) is 46.5 Å². The van der Waals surface area contributed by atoms with Crippen molar-refractivity contribution in [1.82, 2.24) is 0 Å². The second-order valence-electron chi connectivity index (χ2n) is 3.28. The molecule has 0 aliphatic heterocycles. The van der Waals surface area contributed by atoms with Crippen molar-refractivity contribution in [3.05, 3.63) is 73.5 Å². The molecule has 18 heavy (non-hydrogen) atoms. The first-order chi connectivity index (χ1) is 8.74. The lowest BCUT2D eigenvalue weighted by Gasteiger charge is -1.98. The Morgan fingerprint density at radius 2 is 1.33 bits per heavy atom. The molecule has 3 heteroatoms. The molecule has 3 nitrogen and oxygen atoms in total. The van der Waals surface area contributed by atoms with Gasteiger partial charge in [0.1, 0.15) is 0 Å². The number of benzene rings is 2. The summed E-state index contributed by atoms with van der Waals surface area (Å²) in [5.41, 5.74) is 2.55. The third-order valence-electron chi connectivity index (χ3n) is 2.07. The normalized spacial score (nSPS) is 8.67. The molecular formula is C15H14O3. The Labute approximate surface area is 106 Å². The SMILES string of the molecule is C=COC(=O)O.c1ccc(-c2ccccc2)cc1. The number of carboxylic acid groups (broad SMARTS) is 1.